The normalized spacial score (nSPS) is 11.5. The molecule has 0 fully saturated rings. The first kappa shape index (κ1) is 12.1. The topological polar surface area (TPSA) is 79.3 Å². The average Bonchev–Trinajstić information content (AvgIpc) is 2.25. The second-order valence-electron chi connectivity index (χ2n) is 3.04. The van der Waals surface area contributed by atoms with Gasteiger partial charge in [-0.2, -0.15) is 0 Å². The number of nitrogens with zero attached hydrogens (tertiary/aromatic N) is 1. The van der Waals surface area contributed by atoms with Crippen LogP contribution in [-0.2, 0) is 16.6 Å². The lowest BCUT2D eigenvalue weighted by Crippen LogP contribution is -2.26. The smallest absolute Gasteiger partial charge is 0.212 e. The standard InChI is InChI=1S/C9H14N2O3S/c12-6-3-7-15(13,14)11-8-9-4-1-2-5-10-9/h1-2,4-5,11-12H,3,6-8H2. The largest absolute Gasteiger partial charge is 0.396 e. The van der Waals surface area contributed by atoms with Crippen molar-refractivity contribution in [3.05, 3.63) is 30.1 Å². The number of nitrogens with one attached hydrogen (secondary N) is 1. The van der Waals surface area contributed by atoms with Crippen LogP contribution in [-0.4, -0.2) is 30.9 Å². The molecular formula is C9H14N2O3S. The van der Waals surface area contributed by atoms with Gasteiger partial charge in [0.25, 0.3) is 0 Å². The van der Waals surface area contributed by atoms with Crippen molar-refractivity contribution in [3.8, 4) is 0 Å². The number of pyridine rings is 1. The Hall–Kier alpha value is -0.980. The maximum Gasteiger partial charge on any atom is 0.212 e. The summed E-state index contributed by atoms with van der Waals surface area (Å²) in [5.74, 6) is -0.0592. The molecule has 1 heterocycles. The number of aliphatic hydroxyl groups is 1. The van der Waals surface area contributed by atoms with E-state index in [4.69, 9.17) is 5.11 Å². The quantitative estimate of drug-likeness (QED) is 0.714. The van der Waals surface area contributed by atoms with E-state index < -0.39 is 10.0 Å². The Morgan fingerprint density at radius 3 is 2.80 bits per heavy atom. The van der Waals surface area contributed by atoms with Crippen molar-refractivity contribution in [3.63, 3.8) is 0 Å². The summed E-state index contributed by atoms with van der Waals surface area (Å²) in [6, 6.07) is 5.31. The number of hydrogen-bond acceptors (Lipinski definition) is 4. The fraction of sp³-hybridized carbons (Fsp3) is 0.444. The van der Waals surface area contributed by atoms with E-state index in [9.17, 15) is 8.42 Å². The van der Waals surface area contributed by atoms with Gasteiger partial charge in [-0.1, -0.05) is 6.07 Å². The minimum Gasteiger partial charge on any atom is -0.396 e. The monoisotopic (exact) mass is 230 g/mol. The molecule has 1 rings (SSSR count). The molecule has 0 unspecified atom stereocenters. The number of aliphatic hydroxyl groups excluding tert-OH is 1. The van der Waals surface area contributed by atoms with Gasteiger partial charge in [0.05, 0.1) is 18.0 Å². The third-order valence-electron chi connectivity index (χ3n) is 1.77. The molecule has 1 aromatic rings. The van der Waals surface area contributed by atoms with E-state index in [1.54, 1.807) is 24.4 Å². The van der Waals surface area contributed by atoms with Crippen LogP contribution in [0.1, 0.15) is 12.1 Å². The van der Waals surface area contributed by atoms with Crippen LogP contribution in [0.4, 0.5) is 0 Å². The zero-order chi connectivity index (χ0) is 11.1. The maximum atomic E-state index is 11.3. The molecule has 0 radical (unpaired) electrons. The van der Waals surface area contributed by atoms with Crippen molar-refractivity contribution in [2.45, 2.75) is 13.0 Å². The number of rotatable bonds is 6. The van der Waals surface area contributed by atoms with Gasteiger partial charge in [-0.05, 0) is 18.6 Å². The van der Waals surface area contributed by atoms with Crippen LogP contribution in [0.3, 0.4) is 0 Å². The van der Waals surface area contributed by atoms with E-state index in [0.29, 0.717) is 5.69 Å². The fourth-order valence-corrected chi connectivity index (χ4v) is 2.03. The predicted octanol–water partition coefficient (Wildman–Crippen LogP) is -0.117. The van der Waals surface area contributed by atoms with Crippen LogP contribution >= 0.6 is 0 Å². The molecule has 0 amide bonds. The van der Waals surface area contributed by atoms with Gasteiger partial charge in [0.15, 0.2) is 0 Å². The summed E-state index contributed by atoms with van der Waals surface area (Å²) in [6.07, 6.45) is 1.86. The molecule has 6 heteroatoms. The van der Waals surface area contributed by atoms with E-state index in [1.165, 1.54) is 0 Å². The van der Waals surface area contributed by atoms with Gasteiger partial charge in [0.2, 0.25) is 10.0 Å². The number of sulfonamides is 1. The van der Waals surface area contributed by atoms with Gasteiger partial charge in [-0.25, -0.2) is 13.1 Å². The molecule has 84 valence electrons. The fourth-order valence-electron chi connectivity index (χ4n) is 1.01. The van der Waals surface area contributed by atoms with Gasteiger partial charge >= 0.3 is 0 Å². The Morgan fingerprint density at radius 1 is 1.40 bits per heavy atom. The second kappa shape index (κ2) is 5.79. The van der Waals surface area contributed by atoms with E-state index >= 15 is 0 Å². The Bertz CT molecular complexity index is 378. The molecule has 0 aliphatic heterocycles. The molecule has 0 saturated carbocycles. The SMILES string of the molecule is O=S(=O)(CCCO)NCc1ccccn1. The summed E-state index contributed by atoms with van der Waals surface area (Å²) in [7, 11) is -3.29. The van der Waals surface area contributed by atoms with Crippen LogP contribution in [0.15, 0.2) is 24.4 Å². The number of aromatic nitrogens is 1. The molecule has 0 bridgehead atoms. The molecule has 0 spiro atoms. The highest BCUT2D eigenvalue weighted by Crippen LogP contribution is 1.95. The summed E-state index contributed by atoms with van der Waals surface area (Å²) >= 11 is 0. The molecule has 2 N–H and O–H groups in total. The molecular weight excluding hydrogens is 216 g/mol. The molecule has 0 saturated heterocycles. The highest BCUT2D eigenvalue weighted by Gasteiger charge is 2.08. The number of hydrogen-bond donors (Lipinski definition) is 2. The van der Waals surface area contributed by atoms with Crippen molar-refractivity contribution < 1.29 is 13.5 Å². The van der Waals surface area contributed by atoms with Gasteiger partial charge in [0.1, 0.15) is 0 Å². The van der Waals surface area contributed by atoms with Crippen molar-refractivity contribution in [2.24, 2.45) is 0 Å². The Morgan fingerprint density at radius 2 is 2.20 bits per heavy atom. The van der Waals surface area contributed by atoms with Crippen molar-refractivity contribution >= 4 is 10.0 Å². The van der Waals surface area contributed by atoms with Crippen LogP contribution in [0.2, 0.25) is 0 Å². The third-order valence-corrected chi connectivity index (χ3v) is 3.18. The predicted molar refractivity (Wildman–Crippen MR) is 56.6 cm³/mol. The lowest BCUT2D eigenvalue weighted by Gasteiger charge is -2.04. The lowest BCUT2D eigenvalue weighted by molar-refractivity contribution is 0.295. The summed E-state index contributed by atoms with van der Waals surface area (Å²) < 4.78 is 25.0. The maximum absolute atomic E-state index is 11.3. The Labute approximate surface area is 89.2 Å². The molecule has 0 aliphatic carbocycles. The van der Waals surface area contributed by atoms with Crippen molar-refractivity contribution in [2.75, 3.05) is 12.4 Å². The van der Waals surface area contributed by atoms with Crippen molar-refractivity contribution in [1.29, 1.82) is 0 Å². The molecule has 5 nitrogen and oxygen atoms in total. The molecule has 0 aliphatic rings. The van der Waals surface area contributed by atoms with E-state index in [2.05, 4.69) is 9.71 Å². The van der Waals surface area contributed by atoms with E-state index in [1.807, 2.05) is 0 Å². The van der Waals surface area contributed by atoms with Crippen LogP contribution < -0.4 is 4.72 Å². The molecule has 1 aromatic heterocycles. The summed E-state index contributed by atoms with van der Waals surface area (Å²) in [4.78, 5) is 3.99. The van der Waals surface area contributed by atoms with Crippen LogP contribution in [0.5, 0.6) is 0 Å². The first-order valence-corrected chi connectivity index (χ1v) is 6.27. The highest BCUT2D eigenvalue weighted by atomic mass is 32.2. The average molecular weight is 230 g/mol. The Balaban J connectivity index is 2.43. The summed E-state index contributed by atoms with van der Waals surface area (Å²) in [6.45, 7) is 0.0686. The lowest BCUT2D eigenvalue weighted by atomic mass is 10.4. The minimum atomic E-state index is -3.29. The zero-order valence-corrected chi connectivity index (χ0v) is 9.07. The molecule has 0 aromatic carbocycles. The Kier molecular flexibility index (Phi) is 4.67. The van der Waals surface area contributed by atoms with Gasteiger partial charge in [-0.3, -0.25) is 4.98 Å². The van der Waals surface area contributed by atoms with E-state index in [0.717, 1.165) is 0 Å². The first-order valence-electron chi connectivity index (χ1n) is 4.62. The molecule has 15 heavy (non-hydrogen) atoms. The molecule has 0 atom stereocenters. The van der Waals surface area contributed by atoms with Crippen LogP contribution in [0, 0.1) is 0 Å². The highest BCUT2D eigenvalue weighted by molar-refractivity contribution is 7.89. The van der Waals surface area contributed by atoms with Gasteiger partial charge < -0.3 is 5.11 Å². The van der Waals surface area contributed by atoms with Crippen LogP contribution in [0.25, 0.3) is 0 Å². The zero-order valence-electron chi connectivity index (χ0n) is 8.26. The summed E-state index contributed by atoms with van der Waals surface area (Å²) in [5.41, 5.74) is 0.671. The van der Waals surface area contributed by atoms with E-state index in [-0.39, 0.29) is 25.3 Å². The van der Waals surface area contributed by atoms with Gasteiger partial charge in [0, 0.05) is 12.8 Å². The third kappa shape index (κ3) is 4.87. The minimum absolute atomic E-state index is 0.0592. The van der Waals surface area contributed by atoms with Gasteiger partial charge in [-0.15, -0.1) is 0 Å². The summed E-state index contributed by atoms with van der Waals surface area (Å²) in [5, 5.41) is 8.51. The second-order valence-corrected chi connectivity index (χ2v) is 4.96. The van der Waals surface area contributed by atoms with Crippen molar-refractivity contribution in [1.82, 2.24) is 9.71 Å². The first-order chi connectivity index (χ1) is 7.14.